The van der Waals surface area contributed by atoms with Crippen molar-refractivity contribution in [2.45, 2.75) is 18.1 Å². The highest BCUT2D eigenvalue weighted by Crippen LogP contribution is 2.56. The first kappa shape index (κ1) is 14.2. The first-order valence-electron chi connectivity index (χ1n) is 4.57. The summed E-state index contributed by atoms with van der Waals surface area (Å²) >= 11 is 0. The van der Waals surface area contributed by atoms with Crippen molar-refractivity contribution in [2.24, 2.45) is 16.9 Å². The van der Waals surface area contributed by atoms with E-state index in [1.165, 1.54) is 0 Å². The van der Waals surface area contributed by atoms with Crippen molar-refractivity contribution in [2.75, 3.05) is 0 Å². The molecule has 0 heterocycles. The predicted molar refractivity (Wildman–Crippen MR) is 50.5 cm³/mol. The summed E-state index contributed by atoms with van der Waals surface area (Å²) in [6.07, 6.45) is -4.73. The summed E-state index contributed by atoms with van der Waals surface area (Å²) in [6, 6.07) is 0. The predicted octanol–water partition coefficient (Wildman–Crippen LogP) is -0.623. The molecule has 0 aromatic rings. The lowest BCUT2D eigenvalue weighted by atomic mass is 9.99. The third-order valence-electron chi connectivity index (χ3n) is 2.80. The van der Waals surface area contributed by atoms with Crippen LogP contribution < -0.4 is 11.5 Å². The maximum Gasteiger partial charge on any atom is 0.491 e. The topological polar surface area (TPSA) is 112 Å². The summed E-state index contributed by atoms with van der Waals surface area (Å²) in [6.45, 7) is 3.23. The molecule has 6 nitrogen and oxygen atoms in total. The number of hydrogen-bond acceptors (Lipinski definition) is 5. The molecule has 2 atom stereocenters. The van der Waals surface area contributed by atoms with Crippen LogP contribution in [0.5, 0.6) is 0 Å². The van der Waals surface area contributed by atoms with Crippen LogP contribution in [-0.2, 0) is 19.1 Å². The Morgan fingerprint density at radius 2 is 1.83 bits per heavy atom. The van der Waals surface area contributed by atoms with E-state index in [0.717, 1.165) is 6.08 Å². The Kier molecular flexibility index (Phi) is 2.99. The number of halogens is 3. The molecule has 0 radical (unpaired) electrons. The Balaban J connectivity index is 2.86. The van der Waals surface area contributed by atoms with Gasteiger partial charge in [-0.25, -0.2) is 9.59 Å². The first-order chi connectivity index (χ1) is 8.01. The quantitative estimate of drug-likeness (QED) is 0.401. The van der Waals surface area contributed by atoms with Gasteiger partial charge in [0.05, 0.1) is 5.41 Å². The summed E-state index contributed by atoms with van der Waals surface area (Å²) in [4.78, 5) is 32.9. The molecular formula is C9H9F3N2O4. The van der Waals surface area contributed by atoms with Gasteiger partial charge in [0.2, 0.25) is 5.91 Å². The molecule has 18 heavy (non-hydrogen) atoms. The average Bonchev–Trinajstić information content (AvgIpc) is 2.86. The molecule has 1 rings (SSSR count). The third kappa shape index (κ3) is 1.86. The van der Waals surface area contributed by atoms with Gasteiger partial charge in [0.25, 0.3) is 0 Å². The average molecular weight is 266 g/mol. The van der Waals surface area contributed by atoms with Crippen LogP contribution in [0.3, 0.4) is 0 Å². The Labute approximate surface area is 98.7 Å². The van der Waals surface area contributed by atoms with E-state index in [2.05, 4.69) is 11.3 Å². The maximum atomic E-state index is 11.9. The standard InChI is InChI=1S/C9H9F3N2O4/c1-2-7(4(13)15)3-8(7,14)5(16)18-6(17)9(10,11)12/h2H,1,3,14H2,(H2,13,15). The lowest BCUT2D eigenvalue weighted by molar-refractivity contribution is -0.202. The number of nitrogens with two attached hydrogens (primary N) is 2. The molecular weight excluding hydrogens is 257 g/mol. The Bertz CT molecular complexity index is 448. The Morgan fingerprint density at radius 3 is 2.11 bits per heavy atom. The summed E-state index contributed by atoms with van der Waals surface area (Å²) < 4.78 is 39.2. The first-order valence-corrected chi connectivity index (χ1v) is 4.57. The van der Waals surface area contributed by atoms with Crippen LogP contribution in [0.15, 0.2) is 12.7 Å². The van der Waals surface area contributed by atoms with E-state index < -0.39 is 35.0 Å². The minimum Gasteiger partial charge on any atom is -0.385 e. The van der Waals surface area contributed by atoms with Gasteiger partial charge in [-0.2, -0.15) is 13.2 Å². The van der Waals surface area contributed by atoms with Crippen LogP contribution in [0.2, 0.25) is 0 Å². The molecule has 1 aliphatic rings. The van der Waals surface area contributed by atoms with E-state index >= 15 is 0 Å². The highest BCUT2D eigenvalue weighted by Gasteiger charge is 2.74. The van der Waals surface area contributed by atoms with Gasteiger partial charge < -0.3 is 16.2 Å². The van der Waals surface area contributed by atoms with Crippen LogP contribution in [0, 0.1) is 5.41 Å². The molecule has 0 aliphatic heterocycles. The van der Waals surface area contributed by atoms with Crippen LogP contribution in [0.1, 0.15) is 6.42 Å². The van der Waals surface area contributed by atoms with Gasteiger partial charge in [-0.3, -0.25) is 4.79 Å². The van der Waals surface area contributed by atoms with Crippen LogP contribution in [0.4, 0.5) is 13.2 Å². The fourth-order valence-electron chi connectivity index (χ4n) is 1.54. The second-order valence-corrected chi connectivity index (χ2v) is 3.86. The molecule has 0 aromatic heterocycles. The van der Waals surface area contributed by atoms with Crippen molar-refractivity contribution in [1.29, 1.82) is 0 Å². The van der Waals surface area contributed by atoms with Gasteiger partial charge in [-0.15, -0.1) is 6.58 Å². The van der Waals surface area contributed by atoms with E-state index in [1.54, 1.807) is 0 Å². The third-order valence-corrected chi connectivity index (χ3v) is 2.80. The molecule has 0 aromatic carbocycles. The second-order valence-electron chi connectivity index (χ2n) is 3.86. The molecule has 9 heteroatoms. The lowest BCUT2D eigenvalue weighted by Crippen LogP contribution is -2.46. The molecule has 2 unspecified atom stereocenters. The highest BCUT2D eigenvalue weighted by molar-refractivity contribution is 6.04. The zero-order valence-electron chi connectivity index (χ0n) is 8.91. The fraction of sp³-hybridized carbons (Fsp3) is 0.444. The summed E-state index contributed by atoms with van der Waals surface area (Å²) in [5, 5.41) is 0. The molecule has 0 bridgehead atoms. The molecule has 1 amide bonds. The van der Waals surface area contributed by atoms with Gasteiger partial charge >= 0.3 is 18.1 Å². The van der Waals surface area contributed by atoms with Crippen LogP contribution >= 0.6 is 0 Å². The minimum atomic E-state index is -5.33. The van der Waals surface area contributed by atoms with E-state index in [9.17, 15) is 27.6 Å². The monoisotopic (exact) mass is 266 g/mol. The van der Waals surface area contributed by atoms with E-state index in [4.69, 9.17) is 11.5 Å². The molecule has 1 saturated carbocycles. The number of rotatable bonds is 3. The van der Waals surface area contributed by atoms with Crippen molar-refractivity contribution in [3.63, 3.8) is 0 Å². The SMILES string of the molecule is C=CC1(C(N)=O)CC1(N)C(=O)OC(=O)C(F)(F)F. The normalized spacial score (nSPS) is 30.4. The Hall–Kier alpha value is -1.90. The number of amides is 1. The van der Waals surface area contributed by atoms with Crippen molar-refractivity contribution in [1.82, 2.24) is 0 Å². The lowest BCUT2D eigenvalue weighted by Gasteiger charge is -2.15. The molecule has 0 spiro atoms. The minimum absolute atomic E-state index is 0.358. The molecule has 1 aliphatic carbocycles. The van der Waals surface area contributed by atoms with Crippen molar-refractivity contribution < 1.29 is 32.3 Å². The fourth-order valence-corrected chi connectivity index (χ4v) is 1.54. The van der Waals surface area contributed by atoms with Gasteiger partial charge in [0.1, 0.15) is 5.54 Å². The van der Waals surface area contributed by atoms with E-state index in [1.807, 2.05) is 0 Å². The van der Waals surface area contributed by atoms with Gasteiger partial charge in [-0.1, -0.05) is 6.08 Å². The smallest absolute Gasteiger partial charge is 0.385 e. The van der Waals surface area contributed by atoms with E-state index in [-0.39, 0.29) is 6.42 Å². The summed E-state index contributed by atoms with van der Waals surface area (Å²) in [5.41, 5.74) is 6.61. The van der Waals surface area contributed by atoms with Crippen molar-refractivity contribution in [3.05, 3.63) is 12.7 Å². The molecule has 0 saturated heterocycles. The number of primary amides is 1. The zero-order valence-corrected chi connectivity index (χ0v) is 8.91. The second kappa shape index (κ2) is 3.80. The highest BCUT2D eigenvalue weighted by atomic mass is 19.4. The Morgan fingerprint density at radius 1 is 1.33 bits per heavy atom. The van der Waals surface area contributed by atoms with Crippen LogP contribution in [-0.4, -0.2) is 29.6 Å². The van der Waals surface area contributed by atoms with Gasteiger partial charge in [0.15, 0.2) is 0 Å². The van der Waals surface area contributed by atoms with Gasteiger partial charge in [-0.05, 0) is 6.42 Å². The zero-order chi connectivity index (χ0) is 14.4. The largest absolute Gasteiger partial charge is 0.491 e. The molecule has 4 N–H and O–H groups in total. The number of carbonyl (C=O) groups is 3. The molecule has 1 fully saturated rings. The van der Waals surface area contributed by atoms with Crippen LogP contribution in [0.25, 0.3) is 0 Å². The number of ether oxygens (including phenoxy) is 1. The van der Waals surface area contributed by atoms with Crippen molar-refractivity contribution >= 4 is 17.8 Å². The van der Waals surface area contributed by atoms with Crippen molar-refractivity contribution in [3.8, 4) is 0 Å². The molecule has 100 valence electrons. The summed E-state index contributed by atoms with van der Waals surface area (Å²) in [5.74, 6) is -5.40. The summed E-state index contributed by atoms with van der Waals surface area (Å²) in [7, 11) is 0. The number of alkyl halides is 3. The number of esters is 2. The number of carbonyl (C=O) groups excluding carboxylic acids is 3. The number of hydrogen-bond donors (Lipinski definition) is 2. The van der Waals surface area contributed by atoms with E-state index in [0.29, 0.717) is 0 Å². The maximum absolute atomic E-state index is 11.9. The van der Waals surface area contributed by atoms with Gasteiger partial charge in [0, 0.05) is 0 Å².